The molecule has 0 atom stereocenters. The summed E-state index contributed by atoms with van der Waals surface area (Å²) in [6.07, 6.45) is 0.143. The second-order valence-corrected chi connectivity index (χ2v) is 6.74. The van der Waals surface area contributed by atoms with E-state index in [1.165, 1.54) is 19.1 Å². The Labute approximate surface area is 169 Å². The van der Waals surface area contributed by atoms with Crippen LogP contribution in [0.1, 0.15) is 29.4 Å². The van der Waals surface area contributed by atoms with Crippen molar-refractivity contribution in [1.29, 1.82) is 0 Å². The summed E-state index contributed by atoms with van der Waals surface area (Å²) in [6, 6.07) is 15.4. The van der Waals surface area contributed by atoms with Crippen LogP contribution < -0.4 is 10.1 Å². The van der Waals surface area contributed by atoms with E-state index in [1.807, 2.05) is 41.8 Å². The summed E-state index contributed by atoms with van der Waals surface area (Å²) < 4.78 is 20.9. The summed E-state index contributed by atoms with van der Waals surface area (Å²) in [5, 5.41) is 2.59. The molecule has 3 rings (SSSR count). The van der Waals surface area contributed by atoms with Crippen LogP contribution in [-0.4, -0.2) is 23.4 Å². The molecule has 150 valence electrons. The molecule has 0 aliphatic heterocycles. The van der Waals surface area contributed by atoms with Crippen molar-refractivity contribution in [3.63, 3.8) is 0 Å². The van der Waals surface area contributed by atoms with Crippen LogP contribution in [0.2, 0.25) is 0 Å². The normalized spacial score (nSPS) is 10.6. The van der Waals surface area contributed by atoms with Crippen LogP contribution in [0.5, 0.6) is 5.75 Å². The molecule has 1 heterocycles. The number of anilines is 1. The molecule has 6 heteroatoms. The smallest absolute Gasteiger partial charge is 0.226 e. The monoisotopic (exact) mass is 394 g/mol. The van der Waals surface area contributed by atoms with E-state index in [9.17, 15) is 14.0 Å². The third kappa shape index (κ3) is 4.54. The van der Waals surface area contributed by atoms with Crippen molar-refractivity contribution in [2.45, 2.75) is 26.8 Å². The second-order valence-electron chi connectivity index (χ2n) is 6.74. The first-order chi connectivity index (χ1) is 13.9. The van der Waals surface area contributed by atoms with Gasteiger partial charge in [0.15, 0.2) is 5.78 Å². The molecule has 1 amide bonds. The van der Waals surface area contributed by atoms with Crippen LogP contribution in [0.15, 0.2) is 54.6 Å². The summed E-state index contributed by atoms with van der Waals surface area (Å²) in [4.78, 5) is 24.4. The van der Waals surface area contributed by atoms with Gasteiger partial charge >= 0.3 is 0 Å². The average Bonchev–Trinajstić information content (AvgIpc) is 3.05. The summed E-state index contributed by atoms with van der Waals surface area (Å²) in [5.74, 6) is -0.0736. The van der Waals surface area contributed by atoms with Crippen LogP contribution in [0, 0.1) is 12.7 Å². The van der Waals surface area contributed by atoms with Gasteiger partial charge in [-0.3, -0.25) is 9.59 Å². The number of rotatable bonds is 7. The van der Waals surface area contributed by atoms with Gasteiger partial charge in [0, 0.05) is 29.9 Å². The number of carbonyl (C=O) groups excluding carboxylic acids is 2. The predicted octanol–water partition coefficient (Wildman–Crippen LogP) is 4.84. The molecule has 2 aromatic carbocycles. The first-order valence-electron chi connectivity index (χ1n) is 9.30. The number of ketones is 1. The number of benzene rings is 2. The van der Waals surface area contributed by atoms with E-state index in [-0.39, 0.29) is 23.8 Å². The van der Waals surface area contributed by atoms with Gasteiger partial charge in [-0.25, -0.2) is 4.39 Å². The number of amides is 1. The number of hydrogen-bond donors (Lipinski definition) is 1. The van der Waals surface area contributed by atoms with Crippen molar-refractivity contribution in [3.8, 4) is 17.0 Å². The third-order valence-electron chi connectivity index (χ3n) is 4.84. The third-order valence-corrected chi connectivity index (χ3v) is 4.84. The van der Waals surface area contributed by atoms with Gasteiger partial charge < -0.3 is 14.6 Å². The molecule has 0 aliphatic rings. The van der Waals surface area contributed by atoms with Gasteiger partial charge in [0.05, 0.1) is 12.8 Å². The molecule has 29 heavy (non-hydrogen) atoms. The van der Waals surface area contributed by atoms with E-state index in [0.29, 0.717) is 12.1 Å². The number of hydrogen-bond acceptors (Lipinski definition) is 3. The van der Waals surface area contributed by atoms with E-state index in [1.54, 1.807) is 19.2 Å². The number of Topliss-reactive ketones (excluding diaryl/α,β-unsaturated/α-hetero) is 1. The molecule has 0 aliphatic carbocycles. The Hall–Kier alpha value is -3.41. The van der Waals surface area contributed by atoms with Gasteiger partial charge in [-0.05, 0) is 61.9 Å². The fourth-order valence-electron chi connectivity index (χ4n) is 3.28. The highest BCUT2D eigenvalue weighted by Gasteiger charge is 2.17. The topological polar surface area (TPSA) is 60.3 Å². The Morgan fingerprint density at radius 2 is 1.79 bits per heavy atom. The van der Waals surface area contributed by atoms with Crippen LogP contribution in [-0.2, 0) is 11.3 Å². The Morgan fingerprint density at radius 1 is 1.10 bits per heavy atom. The molecule has 0 fully saturated rings. The molecule has 0 saturated carbocycles. The zero-order valence-electron chi connectivity index (χ0n) is 16.7. The van der Waals surface area contributed by atoms with Gasteiger partial charge in [0.2, 0.25) is 5.91 Å². The lowest BCUT2D eigenvalue weighted by Crippen LogP contribution is -2.16. The maximum atomic E-state index is 13.7. The van der Waals surface area contributed by atoms with Crippen molar-refractivity contribution in [2.75, 3.05) is 12.4 Å². The standard InChI is InChI=1S/C23H23FN2O3/c1-15-19(16(2)27)14-22(17-8-10-18(29-3)11-9-17)26(15)13-12-23(28)25-21-7-5-4-6-20(21)24/h4-11,14H,12-13H2,1-3H3,(H,25,28). The van der Waals surface area contributed by atoms with Crippen LogP contribution in [0.25, 0.3) is 11.3 Å². The van der Waals surface area contributed by atoms with Crippen LogP contribution >= 0.6 is 0 Å². The number of carbonyl (C=O) groups is 2. The van der Waals surface area contributed by atoms with E-state index in [2.05, 4.69) is 5.32 Å². The number of nitrogens with zero attached hydrogens (tertiary/aromatic N) is 1. The molecule has 3 aromatic rings. The molecule has 0 spiro atoms. The molecular formula is C23H23FN2O3. The van der Waals surface area contributed by atoms with E-state index < -0.39 is 5.82 Å². The zero-order valence-corrected chi connectivity index (χ0v) is 16.7. The molecular weight excluding hydrogens is 371 g/mol. The van der Waals surface area contributed by atoms with Crippen LogP contribution in [0.4, 0.5) is 10.1 Å². The first kappa shape index (κ1) is 20.3. The lowest BCUT2D eigenvalue weighted by molar-refractivity contribution is -0.116. The van der Waals surface area contributed by atoms with Crippen molar-refractivity contribution < 1.29 is 18.7 Å². The van der Waals surface area contributed by atoms with Gasteiger partial charge in [0.1, 0.15) is 11.6 Å². The summed E-state index contributed by atoms with van der Waals surface area (Å²) >= 11 is 0. The fourth-order valence-corrected chi connectivity index (χ4v) is 3.28. The van der Waals surface area contributed by atoms with E-state index in [0.717, 1.165) is 22.7 Å². The highest BCUT2D eigenvalue weighted by Crippen LogP contribution is 2.28. The number of para-hydroxylation sites is 1. The number of nitrogens with one attached hydrogen (secondary N) is 1. The molecule has 0 radical (unpaired) electrons. The SMILES string of the molecule is COc1ccc(-c2cc(C(C)=O)c(C)n2CCC(=O)Nc2ccccc2F)cc1. The highest BCUT2D eigenvalue weighted by molar-refractivity contribution is 5.97. The minimum absolute atomic E-state index is 0.0354. The van der Waals surface area contributed by atoms with E-state index in [4.69, 9.17) is 4.74 Å². The van der Waals surface area contributed by atoms with E-state index >= 15 is 0 Å². The first-order valence-corrected chi connectivity index (χ1v) is 9.30. The Balaban J connectivity index is 1.84. The molecule has 0 bridgehead atoms. The van der Waals surface area contributed by atoms with Crippen molar-refractivity contribution in [1.82, 2.24) is 4.57 Å². The molecule has 5 nitrogen and oxygen atoms in total. The van der Waals surface area contributed by atoms with Crippen molar-refractivity contribution >= 4 is 17.4 Å². The van der Waals surface area contributed by atoms with Crippen molar-refractivity contribution in [3.05, 3.63) is 71.7 Å². The van der Waals surface area contributed by atoms with Gasteiger partial charge in [-0.1, -0.05) is 12.1 Å². The molecule has 1 N–H and O–H groups in total. The number of ether oxygens (including phenoxy) is 1. The minimum Gasteiger partial charge on any atom is -0.497 e. The lowest BCUT2D eigenvalue weighted by atomic mass is 10.1. The summed E-state index contributed by atoms with van der Waals surface area (Å²) in [5.41, 5.74) is 3.32. The number of methoxy groups -OCH3 is 1. The Morgan fingerprint density at radius 3 is 2.41 bits per heavy atom. The lowest BCUT2D eigenvalue weighted by Gasteiger charge is -2.13. The fraction of sp³-hybridized carbons (Fsp3) is 0.217. The summed E-state index contributed by atoms with van der Waals surface area (Å²) in [7, 11) is 1.60. The number of aromatic nitrogens is 1. The average molecular weight is 394 g/mol. The minimum atomic E-state index is -0.476. The van der Waals surface area contributed by atoms with Gasteiger partial charge in [-0.15, -0.1) is 0 Å². The highest BCUT2D eigenvalue weighted by atomic mass is 19.1. The quantitative estimate of drug-likeness (QED) is 0.583. The maximum Gasteiger partial charge on any atom is 0.226 e. The Kier molecular flexibility index (Phi) is 6.12. The molecule has 0 saturated heterocycles. The predicted molar refractivity (Wildman–Crippen MR) is 111 cm³/mol. The molecule has 0 unspecified atom stereocenters. The van der Waals surface area contributed by atoms with Gasteiger partial charge in [0.25, 0.3) is 0 Å². The second kappa shape index (κ2) is 8.73. The molecule has 1 aromatic heterocycles. The van der Waals surface area contributed by atoms with Crippen LogP contribution in [0.3, 0.4) is 0 Å². The zero-order chi connectivity index (χ0) is 21.0. The maximum absolute atomic E-state index is 13.7. The van der Waals surface area contributed by atoms with Crippen molar-refractivity contribution in [2.24, 2.45) is 0 Å². The summed E-state index contributed by atoms with van der Waals surface area (Å²) in [6.45, 7) is 3.74. The van der Waals surface area contributed by atoms with Gasteiger partial charge in [-0.2, -0.15) is 0 Å². The number of halogens is 1. The largest absolute Gasteiger partial charge is 0.497 e. The Bertz CT molecular complexity index is 1040.